The van der Waals surface area contributed by atoms with E-state index < -0.39 is 26.4 Å². The van der Waals surface area contributed by atoms with Crippen LogP contribution in [0.3, 0.4) is 0 Å². The Bertz CT molecular complexity index is 1120. The Hall–Kier alpha value is -3.40. The Morgan fingerprint density at radius 2 is 1.81 bits per heavy atom. The fraction of sp³-hybridized carbons (Fsp3) is 0.118. The van der Waals surface area contributed by atoms with Gasteiger partial charge in [-0.25, -0.2) is 13.1 Å². The number of aromatic nitrogens is 2. The lowest BCUT2D eigenvalue weighted by molar-refractivity contribution is -0.386. The number of anilines is 1. The first-order valence-electron chi connectivity index (χ1n) is 7.82. The molecule has 9 nitrogen and oxygen atoms in total. The van der Waals surface area contributed by atoms with Gasteiger partial charge in [-0.3, -0.25) is 14.8 Å². The topological polar surface area (TPSA) is 127 Å². The lowest BCUT2D eigenvalue weighted by Crippen LogP contribution is -2.14. The third kappa shape index (κ3) is 3.47. The summed E-state index contributed by atoms with van der Waals surface area (Å²) in [5, 5.41) is 24.8. The van der Waals surface area contributed by atoms with Crippen LogP contribution in [0, 0.1) is 24.0 Å². The summed E-state index contributed by atoms with van der Waals surface area (Å²) in [6, 6.07) is 12.1. The predicted molar refractivity (Wildman–Crippen MR) is 98.6 cm³/mol. The second-order valence-electron chi connectivity index (χ2n) is 5.81. The molecule has 1 aromatic heterocycles. The van der Waals surface area contributed by atoms with Gasteiger partial charge in [-0.2, -0.15) is 5.10 Å². The Morgan fingerprint density at radius 3 is 2.44 bits per heavy atom. The molecule has 0 saturated heterocycles. The van der Waals surface area contributed by atoms with Gasteiger partial charge in [0.1, 0.15) is 0 Å². The van der Waals surface area contributed by atoms with E-state index in [1.54, 1.807) is 18.5 Å². The van der Waals surface area contributed by atoms with Crippen LogP contribution in [0.1, 0.15) is 11.4 Å². The van der Waals surface area contributed by atoms with E-state index in [9.17, 15) is 23.6 Å². The zero-order chi connectivity index (χ0) is 19.8. The van der Waals surface area contributed by atoms with Gasteiger partial charge in [-0.05, 0) is 38.1 Å². The molecule has 0 saturated carbocycles. The van der Waals surface area contributed by atoms with Crippen molar-refractivity contribution in [3.8, 4) is 11.4 Å². The van der Waals surface area contributed by atoms with Crippen LogP contribution in [0.4, 0.5) is 11.4 Å². The van der Waals surface area contributed by atoms with Crippen molar-refractivity contribution in [2.45, 2.75) is 18.7 Å². The third-order valence-electron chi connectivity index (χ3n) is 3.98. The number of para-hydroxylation sites is 1. The van der Waals surface area contributed by atoms with Crippen LogP contribution in [0.25, 0.3) is 5.69 Å². The molecule has 3 rings (SSSR count). The second-order valence-corrected chi connectivity index (χ2v) is 7.49. The van der Waals surface area contributed by atoms with E-state index in [1.165, 1.54) is 0 Å². The number of nitro benzene ring substituents is 1. The fourth-order valence-electron chi connectivity index (χ4n) is 2.62. The van der Waals surface area contributed by atoms with E-state index in [4.69, 9.17) is 0 Å². The Balaban J connectivity index is 2.01. The summed E-state index contributed by atoms with van der Waals surface area (Å²) in [6.07, 6.45) is 0. The van der Waals surface area contributed by atoms with Crippen LogP contribution in [0.2, 0.25) is 0 Å². The minimum Gasteiger partial charge on any atom is -0.502 e. The molecule has 0 aliphatic carbocycles. The Morgan fingerprint density at radius 1 is 1.15 bits per heavy atom. The molecule has 0 aliphatic heterocycles. The van der Waals surface area contributed by atoms with Crippen LogP contribution in [-0.4, -0.2) is 28.2 Å². The van der Waals surface area contributed by atoms with E-state index in [0.717, 1.165) is 23.9 Å². The highest BCUT2D eigenvalue weighted by Crippen LogP contribution is 2.30. The molecule has 0 spiro atoms. The lowest BCUT2D eigenvalue weighted by atomic mass is 10.3. The molecule has 0 fully saturated rings. The number of phenolic OH excluding ortho intramolecular Hbond substituents is 1. The van der Waals surface area contributed by atoms with Crippen LogP contribution in [-0.2, 0) is 10.0 Å². The van der Waals surface area contributed by atoms with Gasteiger partial charge in [0.05, 0.1) is 32.6 Å². The first kappa shape index (κ1) is 18.4. The highest BCUT2D eigenvalue weighted by molar-refractivity contribution is 7.92. The molecule has 0 amide bonds. The van der Waals surface area contributed by atoms with E-state index in [0.29, 0.717) is 11.4 Å². The van der Waals surface area contributed by atoms with Gasteiger partial charge in [0.15, 0.2) is 5.75 Å². The maximum atomic E-state index is 12.7. The van der Waals surface area contributed by atoms with Crippen molar-refractivity contribution in [1.29, 1.82) is 0 Å². The maximum absolute atomic E-state index is 12.7. The lowest BCUT2D eigenvalue weighted by Gasteiger charge is -2.09. The van der Waals surface area contributed by atoms with Gasteiger partial charge < -0.3 is 5.11 Å². The molecular formula is C17H16N4O5S. The Labute approximate surface area is 155 Å². The number of aryl methyl sites for hydroxylation is 1. The molecule has 0 radical (unpaired) electrons. The van der Waals surface area contributed by atoms with Crippen LogP contribution < -0.4 is 4.72 Å². The highest BCUT2D eigenvalue weighted by Gasteiger charge is 2.24. The highest BCUT2D eigenvalue weighted by atomic mass is 32.2. The molecule has 2 aromatic carbocycles. The number of rotatable bonds is 5. The van der Waals surface area contributed by atoms with Crippen molar-refractivity contribution in [3.63, 3.8) is 0 Å². The number of phenols is 1. The molecule has 2 N–H and O–H groups in total. The van der Waals surface area contributed by atoms with E-state index in [1.807, 2.05) is 30.3 Å². The average molecular weight is 388 g/mol. The van der Waals surface area contributed by atoms with Gasteiger partial charge in [0.2, 0.25) is 0 Å². The first-order chi connectivity index (χ1) is 12.7. The number of nitrogens with zero attached hydrogens (tertiary/aromatic N) is 3. The minimum absolute atomic E-state index is 0.287. The van der Waals surface area contributed by atoms with Crippen LogP contribution in [0.15, 0.2) is 53.4 Å². The monoisotopic (exact) mass is 388 g/mol. The SMILES string of the molecule is Cc1nn(-c2ccccc2)c(C)c1NS(=O)(=O)c1ccc(O)c([N+](=O)[O-])c1. The number of aromatic hydroxyl groups is 1. The molecule has 140 valence electrons. The average Bonchev–Trinajstić information content (AvgIpc) is 2.90. The third-order valence-corrected chi connectivity index (χ3v) is 5.33. The summed E-state index contributed by atoms with van der Waals surface area (Å²) in [5.74, 6) is -0.608. The van der Waals surface area contributed by atoms with Crippen molar-refractivity contribution in [2.24, 2.45) is 0 Å². The van der Waals surface area contributed by atoms with E-state index >= 15 is 0 Å². The van der Waals surface area contributed by atoms with Crippen molar-refractivity contribution >= 4 is 21.4 Å². The molecule has 0 atom stereocenters. The number of nitro groups is 1. The summed E-state index contributed by atoms with van der Waals surface area (Å²) < 4.78 is 29.4. The number of hydrogen-bond acceptors (Lipinski definition) is 6. The van der Waals surface area contributed by atoms with Gasteiger partial charge in [-0.15, -0.1) is 0 Å². The van der Waals surface area contributed by atoms with Crippen molar-refractivity contribution in [3.05, 3.63) is 70.0 Å². The zero-order valence-electron chi connectivity index (χ0n) is 14.4. The van der Waals surface area contributed by atoms with Crippen molar-refractivity contribution in [2.75, 3.05) is 4.72 Å². The van der Waals surface area contributed by atoms with Gasteiger partial charge in [0.25, 0.3) is 10.0 Å². The molecule has 10 heteroatoms. The summed E-state index contributed by atoms with van der Waals surface area (Å²) in [6.45, 7) is 3.37. The largest absolute Gasteiger partial charge is 0.502 e. The van der Waals surface area contributed by atoms with E-state index in [2.05, 4.69) is 9.82 Å². The molecule has 0 aliphatic rings. The molecule has 1 heterocycles. The van der Waals surface area contributed by atoms with Gasteiger partial charge in [0, 0.05) is 6.07 Å². The molecule has 3 aromatic rings. The first-order valence-corrected chi connectivity index (χ1v) is 9.31. The maximum Gasteiger partial charge on any atom is 0.312 e. The van der Waals surface area contributed by atoms with Crippen LogP contribution in [0.5, 0.6) is 5.75 Å². The fourth-order valence-corrected chi connectivity index (χ4v) is 3.82. The second kappa shape index (κ2) is 6.72. The summed E-state index contributed by atoms with van der Waals surface area (Å²) in [4.78, 5) is 9.76. The molecule has 0 unspecified atom stereocenters. The zero-order valence-corrected chi connectivity index (χ0v) is 15.3. The summed E-state index contributed by atoms with van der Waals surface area (Å²) >= 11 is 0. The van der Waals surface area contributed by atoms with Gasteiger partial charge >= 0.3 is 5.69 Å². The molecular weight excluding hydrogens is 372 g/mol. The standard InChI is InChI=1S/C17H16N4O5S/c1-11-17(12(2)20(18-11)13-6-4-3-5-7-13)19-27(25,26)14-8-9-16(22)15(10-14)21(23)24/h3-10,19,22H,1-2H3. The summed E-state index contributed by atoms with van der Waals surface area (Å²) in [5.41, 5.74) is 1.38. The van der Waals surface area contributed by atoms with Crippen LogP contribution >= 0.6 is 0 Å². The normalized spacial score (nSPS) is 11.3. The van der Waals surface area contributed by atoms with Crippen molar-refractivity contribution < 1.29 is 18.4 Å². The smallest absolute Gasteiger partial charge is 0.312 e. The van der Waals surface area contributed by atoms with Gasteiger partial charge in [-0.1, -0.05) is 18.2 Å². The predicted octanol–water partition coefficient (Wildman–Crippen LogP) is 2.90. The number of benzene rings is 2. The number of hydrogen-bond donors (Lipinski definition) is 2. The molecule has 0 bridgehead atoms. The summed E-state index contributed by atoms with van der Waals surface area (Å²) in [7, 11) is -4.12. The quantitative estimate of drug-likeness (QED) is 0.511. The number of sulfonamides is 1. The number of nitrogens with one attached hydrogen (secondary N) is 1. The van der Waals surface area contributed by atoms with Crippen molar-refractivity contribution in [1.82, 2.24) is 9.78 Å². The molecule has 27 heavy (non-hydrogen) atoms. The minimum atomic E-state index is -4.12. The Kier molecular flexibility index (Phi) is 4.58. The van der Waals surface area contributed by atoms with E-state index in [-0.39, 0.29) is 10.6 Å².